The maximum Gasteiger partial charge on any atom is 0.228 e. The minimum absolute atomic E-state index is 0.0271. The van der Waals surface area contributed by atoms with E-state index < -0.39 is 0 Å². The lowest BCUT2D eigenvalue weighted by Gasteiger charge is -2.35. The minimum Gasteiger partial charge on any atom is -0.337 e. The summed E-state index contributed by atoms with van der Waals surface area (Å²) in [4.78, 5) is 28.6. The van der Waals surface area contributed by atoms with Crippen LogP contribution in [0.4, 0.5) is 5.69 Å². The highest BCUT2D eigenvalue weighted by Gasteiger charge is 2.38. The van der Waals surface area contributed by atoms with Gasteiger partial charge in [-0.3, -0.25) is 9.59 Å². The minimum atomic E-state index is -0.230. The molecule has 6 heteroatoms. The number of anilines is 1. The highest BCUT2D eigenvalue weighted by molar-refractivity contribution is 9.10. The molecule has 22 heavy (non-hydrogen) atoms. The number of hydrogen-bond donors (Lipinski definition) is 1. The Morgan fingerprint density at radius 2 is 2.23 bits per heavy atom. The predicted molar refractivity (Wildman–Crippen MR) is 88.6 cm³/mol. The van der Waals surface area contributed by atoms with Gasteiger partial charge in [0.25, 0.3) is 0 Å². The van der Waals surface area contributed by atoms with Crippen molar-refractivity contribution >= 4 is 33.4 Å². The van der Waals surface area contributed by atoms with Gasteiger partial charge in [0.05, 0.1) is 5.92 Å². The summed E-state index contributed by atoms with van der Waals surface area (Å²) < 4.78 is 0.934. The molecule has 1 N–H and O–H groups in total. The fourth-order valence-electron chi connectivity index (χ4n) is 3.17. The van der Waals surface area contributed by atoms with Crippen LogP contribution < -0.4 is 10.2 Å². The summed E-state index contributed by atoms with van der Waals surface area (Å²) in [5.74, 6) is -0.0916. The van der Waals surface area contributed by atoms with Gasteiger partial charge >= 0.3 is 0 Å². The summed E-state index contributed by atoms with van der Waals surface area (Å²) in [5.41, 5.74) is 0.850. The van der Waals surface area contributed by atoms with Crippen molar-refractivity contribution in [3.63, 3.8) is 0 Å². The summed E-state index contributed by atoms with van der Waals surface area (Å²) >= 11 is 3.42. The highest BCUT2D eigenvalue weighted by atomic mass is 79.9. The van der Waals surface area contributed by atoms with Crippen molar-refractivity contribution in [1.29, 1.82) is 0 Å². The Balaban J connectivity index is 1.72. The average molecular weight is 366 g/mol. The quantitative estimate of drug-likeness (QED) is 0.866. The van der Waals surface area contributed by atoms with Gasteiger partial charge in [0.2, 0.25) is 11.8 Å². The van der Waals surface area contributed by atoms with E-state index in [2.05, 4.69) is 21.2 Å². The number of halogens is 1. The fourth-order valence-corrected chi connectivity index (χ4v) is 3.56. The van der Waals surface area contributed by atoms with Gasteiger partial charge in [0, 0.05) is 48.8 Å². The van der Waals surface area contributed by atoms with Crippen molar-refractivity contribution in [1.82, 2.24) is 10.2 Å². The van der Waals surface area contributed by atoms with E-state index >= 15 is 0 Å². The van der Waals surface area contributed by atoms with Crippen molar-refractivity contribution < 1.29 is 9.59 Å². The van der Waals surface area contributed by atoms with Crippen LogP contribution in [-0.4, -0.2) is 48.9 Å². The maximum absolute atomic E-state index is 12.7. The van der Waals surface area contributed by atoms with E-state index in [4.69, 9.17) is 0 Å². The molecular weight excluding hydrogens is 346 g/mol. The van der Waals surface area contributed by atoms with E-state index in [9.17, 15) is 9.59 Å². The van der Waals surface area contributed by atoms with Crippen LogP contribution in [0.2, 0.25) is 0 Å². The lowest BCUT2D eigenvalue weighted by Crippen LogP contribution is -2.54. The Morgan fingerprint density at radius 1 is 1.41 bits per heavy atom. The highest BCUT2D eigenvalue weighted by Crippen LogP contribution is 2.28. The van der Waals surface area contributed by atoms with Gasteiger partial charge in [-0.05, 0) is 25.1 Å². The molecule has 2 atom stereocenters. The number of carbonyl (C=O) groups excluding carboxylic acids is 2. The molecule has 0 aliphatic carbocycles. The smallest absolute Gasteiger partial charge is 0.228 e. The first-order valence-corrected chi connectivity index (χ1v) is 8.42. The van der Waals surface area contributed by atoms with Crippen LogP contribution in [0.3, 0.4) is 0 Å². The predicted octanol–water partition coefficient (Wildman–Crippen LogP) is 1.62. The molecule has 1 aromatic rings. The van der Waals surface area contributed by atoms with Crippen LogP contribution in [0.5, 0.6) is 0 Å². The number of hydrogen-bond acceptors (Lipinski definition) is 3. The van der Waals surface area contributed by atoms with Gasteiger partial charge in [0.15, 0.2) is 0 Å². The molecule has 2 saturated heterocycles. The van der Waals surface area contributed by atoms with Crippen LogP contribution in [0.15, 0.2) is 28.7 Å². The van der Waals surface area contributed by atoms with Crippen molar-refractivity contribution in [3.8, 4) is 0 Å². The number of rotatable bonds is 2. The zero-order valence-corrected chi connectivity index (χ0v) is 14.2. The van der Waals surface area contributed by atoms with Crippen molar-refractivity contribution in [2.45, 2.75) is 19.4 Å². The maximum atomic E-state index is 12.7. The van der Waals surface area contributed by atoms with Crippen molar-refractivity contribution in [3.05, 3.63) is 28.7 Å². The third kappa shape index (κ3) is 3.03. The van der Waals surface area contributed by atoms with Crippen LogP contribution >= 0.6 is 15.9 Å². The van der Waals surface area contributed by atoms with Crippen molar-refractivity contribution in [2.24, 2.45) is 5.92 Å². The number of amides is 2. The van der Waals surface area contributed by atoms with Crippen molar-refractivity contribution in [2.75, 3.05) is 31.1 Å². The first kappa shape index (κ1) is 15.5. The molecule has 2 amide bonds. The second-order valence-electron chi connectivity index (χ2n) is 5.97. The number of nitrogens with zero attached hydrogens (tertiary/aromatic N) is 2. The molecule has 5 nitrogen and oxygen atoms in total. The van der Waals surface area contributed by atoms with Crippen LogP contribution in [0.25, 0.3) is 0 Å². The lowest BCUT2D eigenvalue weighted by atomic mass is 10.1. The Labute approximate surface area is 138 Å². The number of carbonyl (C=O) groups is 2. The van der Waals surface area contributed by atoms with Gasteiger partial charge in [-0.15, -0.1) is 0 Å². The normalized spacial score (nSPS) is 25.6. The summed E-state index contributed by atoms with van der Waals surface area (Å²) in [6, 6.07) is 7.84. The fraction of sp³-hybridized carbons (Fsp3) is 0.500. The van der Waals surface area contributed by atoms with Gasteiger partial charge in [-0.25, -0.2) is 0 Å². The van der Waals surface area contributed by atoms with Gasteiger partial charge in [-0.2, -0.15) is 0 Å². The topological polar surface area (TPSA) is 52.7 Å². The van der Waals surface area contributed by atoms with E-state index in [-0.39, 0.29) is 23.8 Å². The monoisotopic (exact) mass is 365 g/mol. The molecule has 2 aliphatic heterocycles. The molecule has 0 radical (unpaired) electrons. The molecule has 0 aromatic heterocycles. The van der Waals surface area contributed by atoms with E-state index in [1.165, 1.54) is 0 Å². The standard InChI is InChI=1S/C16H20BrN3O2/c1-11-9-18-5-6-19(11)16(22)12-7-15(21)20(10-12)14-4-2-3-13(17)8-14/h2-4,8,11-12,18H,5-7,9-10H2,1H3/t11-,12?/m0/s1. The molecule has 2 aliphatic rings. The molecule has 0 saturated carbocycles. The van der Waals surface area contributed by atoms with Gasteiger partial charge in [0.1, 0.15) is 0 Å². The average Bonchev–Trinajstić information content (AvgIpc) is 2.89. The molecule has 2 fully saturated rings. The number of benzene rings is 1. The molecule has 118 valence electrons. The Hall–Kier alpha value is -1.40. The third-order valence-corrected chi connectivity index (χ3v) is 4.87. The van der Waals surface area contributed by atoms with Crippen LogP contribution in [0, 0.1) is 5.92 Å². The van der Waals surface area contributed by atoms with E-state index in [0.29, 0.717) is 13.0 Å². The Kier molecular flexibility index (Phi) is 4.49. The third-order valence-electron chi connectivity index (χ3n) is 4.38. The molecule has 2 heterocycles. The molecule has 0 bridgehead atoms. The summed E-state index contributed by atoms with van der Waals surface area (Å²) in [5, 5.41) is 3.28. The number of nitrogens with one attached hydrogen (secondary N) is 1. The molecule has 3 rings (SSSR count). The first-order chi connectivity index (χ1) is 10.6. The summed E-state index contributed by atoms with van der Waals surface area (Å²) in [6.45, 7) is 4.90. The largest absolute Gasteiger partial charge is 0.337 e. The summed E-state index contributed by atoms with van der Waals surface area (Å²) in [7, 11) is 0. The Bertz CT molecular complexity index is 593. The van der Waals surface area contributed by atoms with Gasteiger partial charge in [-0.1, -0.05) is 22.0 Å². The SMILES string of the molecule is C[C@H]1CNCCN1C(=O)C1CC(=O)N(c2cccc(Br)c2)C1. The van der Waals surface area contributed by atoms with Crippen LogP contribution in [0.1, 0.15) is 13.3 Å². The number of piperazine rings is 1. The summed E-state index contributed by atoms with van der Waals surface area (Å²) in [6.07, 6.45) is 0.308. The van der Waals surface area contributed by atoms with Crippen LogP contribution in [-0.2, 0) is 9.59 Å². The zero-order valence-electron chi connectivity index (χ0n) is 12.6. The molecular formula is C16H20BrN3O2. The molecule has 1 unspecified atom stereocenters. The molecule has 0 spiro atoms. The van der Waals surface area contributed by atoms with E-state index in [0.717, 1.165) is 29.8 Å². The molecule has 1 aromatic carbocycles. The van der Waals surface area contributed by atoms with E-state index in [1.807, 2.05) is 36.1 Å². The second-order valence-corrected chi connectivity index (χ2v) is 6.89. The Morgan fingerprint density at radius 3 is 2.95 bits per heavy atom. The lowest BCUT2D eigenvalue weighted by molar-refractivity contribution is -0.138. The first-order valence-electron chi connectivity index (χ1n) is 7.63. The van der Waals surface area contributed by atoms with E-state index in [1.54, 1.807) is 4.90 Å². The zero-order chi connectivity index (χ0) is 15.7. The second kappa shape index (κ2) is 6.38. The van der Waals surface area contributed by atoms with Gasteiger partial charge < -0.3 is 15.1 Å².